The average molecular weight is 403 g/mol. The summed E-state index contributed by atoms with van der Waals surface area (Å²) in [6.07, 6.45) is 3.53. The van der Waals surface area contributed by atoms with Gasteiger partial charge in [0.25, 0.3) is 0 Å². The van der Waals surface area contributed by atoms with Crippen molar-refractivity contribution in [2.24, 2.45) is 11.7 Å². The molecule has 154 valence electrons. The number of nitrogens with zero attached hydrogens (tertiary/aromatic N) is 3. The van der Waals surface area contributed by atoms with Gasteiger partial charge < -0.3 is 15.8 Å². The molecule has 1 amide bonds. The summed E-state index contributed by atoms with van der Waals surface area (Å²) in [5.41, 5.74) is 11.2. The third-order valence-electron chi connectivity index (χ3n) is 6.23. The standard InChI is InChI=1S/C23H25N5O2/c24-11-15-9-17(10-15)28-13-16(26-27-28)12-25-23(29)30-14-22-20-7-3-1-5-18(20)19-6-2-4-8-21(19)22/h1-8,13,15,17,22H,9-12,14,24H2,(H,25,29). The Labute approximate surface area is 175 Å². The predicted molar refractivity (Wildman–Crippen MR) is 113 cm³/mol. The van der Waals surface area contributed by atoms with Gasteiger partial charge in [0.15, 0.2) is 0 Å². The number of benzene rings is 2. The minimum absolute atomic E-state index is 0.0538. The van der Waals surface area contributed by atoms with Crippen LogP contribution < -0.4 is 11.1 Å². The normalized spacial score (nSPS) is 19.6. The van der Waals surface area contributed by atoms with Crippen LogP contribution in [0.15, 0.2) is 54.7 Å². The summed E-state index contributed by atoms with van der Waals surface area (Å²) in [5.74, 6) is 0.639. The Bertz CT molecular complexity index is 1010. The highest BCUT2D eigenvalue weighted by Crippen LogP contribution is 2.44. The zero-order chi connectivity index (χ0) is 20.5. The predicted octanol–water partition coefficient (Wildman–Crippen LogP) is 3.23. The molecule has 0 bridgehead atoms. The maximum absolute atomic E-state index is 12.3. The Hall–Kier alpha value is -3.19. The van der Waals surface area contributed by atoms with E-state index in [9.17, 15) is 4.79 Å². The van der Waals surface area contributed by atoms with Crippen LogP contribution in [0.4, 0.5) is 4.79 Å². The number of aromatic nitrogens is 3. The van der Waals surface area contributed by atoms with E-state index in [1.54, 1.807) is 0 Å². The molecule has 2 aromatic carbocycles. The first kappa shape index (κ1) is 18.8. The van der Waals surface area contributed by atoms with Gasteiger partial charge in [0, 0.05) is 5.92 Å². The van der Waals surface area contributed by atoms with E-state index >= 15 is 0 Å². The molecule has 0 unspecified atom stereocenters. The Kier molecular flexibility index (Phi) is 4.96. The lowest BCUT2D eigenvalue weighted by molar-refractivity contribution is 0.142. The highest BCUT2D eigenvalue weighted by atomic mass is 16.5. The molecule has 7 nitrogen and oxygen atoms in total. The summed E-state index contributed by atoms with van der Waals surface area (Å²) >= 11 is 0. The van der Waals surface area contributed by atoms with E-state index in [2.05, 4.69) is 39.9 Å². The lowest BCUT2D eigenvalue weighted by Gasteiger charge is -2.33. The molecule has 1 aromatic heterocycles. The molecule has 0 aliphatic heterocycles. The quantitative estimate of drug-likeness (QED) is 0.659. The van der Waals surface area contributed by atoms with Crippen LogP contribution >= 0.6 is 0 Å². The van der Waals surface area contributed by atoms with E-state index in [1.165, 1.54) is 22.3 Å². The summed E-state index contributed by atoms with van der Waals surface area (Å²) in [7, 11) is 0. The van der Waals surface area contributed by atoms with E-state index in [-0.39, 0.29) is 5.92 Å². The van der Waals surface area contributed by atoms with E-state index in [4.69, 9.17) is 10.5 Å². The zero-order valence-electron chi connectivity index (χ0n) is 16.7. The molecule has 3 N–H and O–H groups in total. The number of carbonyl (C=O) groups is 1. The van der Waals surface area contributed by atoms with Gasteiger partial charge in [-0.3, -0.25) is 0 Å². The molecule has 5 rings (SSSR count). The molecule has 1 saturated carbocycles. The van der Waals surface area contributed by atoms with Gasteiger partial charge in [0.2, 0.25) is 0 Å². The maximum atomic E-state index is 12.3. The molecular weight excluding hydrogens is 378 g/mol. The molecule has 2 aliphatic carbocycles. The summed E-state index contributed by atoms with van der Waals surface area (Å²) < 4.78 is 7.43. The van der Waals surface area contributed by atoms with Crippen molar-refractivity contribution in [3.63, 3.8) is 0 Å². The molecule has 3 aromatic rings. The van der Waals surface area contributed by atoms with Gasteiger partial charge in [-0.25, -0.2) is 9.48 Å². The molecular formula is C23H25N5O2. The summed E-state index contributed by atoms with van der Waals surface area (Å²) in [6, 6.07) is 17.0. The van der Waals surface area contributed by atoms with Gasteiger partial charge in [-0.15, -0.1) is 5.10 Å². The van der Waals surface area contributed by atoms with Crippen molar-refractivity contribution in [1.82, 2.24) is 20.3 Å². The number of hydrogen-bond donors (Lipinski definition) is 2. The lowest BCUT2D eigenvalue weighted by Crippen LogP contribution is -2.32. The molecule has 0 atom stereocenters. The van der Waals surface area contributed by atoms with E-state index in [0.29, 0.717) is 25.1 Å². The molecule has 2 aliphatic rings. The van der Waals surface area contributed by atoms with Crippen LogP contribution in [0.3, 0.4) is 0 Å². The number of nitrogens with one attached hydrogen (secondary N) is 1. The fraction of sp³-hybridized carbons (Fsp3) is 0.348. The third kappa shape index (κ3) is 3.45. The van der Waals surface area contributed by atoms with Crippen molar-refractivity contribution in [3.8, 4) is 11.1 Å². The minimum atomic E-state index is -0.446. The molecule has 0 spiro atoms. The smallest absolute Gasteiger partial charge is 0.407 e. The topological polar surface area (TPSA) is 95.1 Å². The fourth-order valence-corrected chi connectivity index (χ4v) is 4.49. The largest absolute Gasteiger partial charge is 0.449 e. The SMILES string of the molecule is NCC1CC(n2cc(CNC(=O)OCC3c4ccccc4-c4ccccc43)nn2)C1. The number of fused-ring (bicyclic) bond motifs is 3. The van der Waals surface area contributed by atoms with Crippen LogP contribution in [0.2, 0.25) is 0 Å². The van der Waals surface area contributed by atoms with E-state index in [0.717, 1.165) is 25.1 Å². The van der Waals surface area contributed by atoms with Crippen LogP contribution in [0.25, 0.3) is 11.1 Å². The Morgan fingerprint density at radius 2 is 1.77 bits per heavy atom. The molecule has 30 heavy (non-hydrogen) atoms. The summed E-state index contributed by atoms with van der Waals surface area (Å²) in [5, 5.41) is 11.1. The monoisotopic (exact) mass is 403 g/mol. The maximum Gasteiger partial charge on any atom is 0.407 e. The average Bonchev–Trinajstić information content (AvgIpc) is 3.33. The van der Waals surface area contributed by atoms with Gasteiger partial charge in [-0.1, -0.05) is 53.7 Å². The number of nitrogens with two attached hydrogens (primary N) is 1. The highest BCUT2D eigenvalue weighted by Gasteiger charge is 2.30. The number of alkyl carbamates (subject to hydrolysis) is 1. The van der Waals surface area contributed by atoms with Crippen molar-refractivity contribution in [2.75, 3.05) is 13.2 Å². The summed E-state index contributed by atoms with van der Waals surface area (Å²) in [6.45, 7) is 1.32. The van der Waals surface area contributed by atoms with Crippen molar-refractivity contribution in [3.05, 3.63) is 71.5 Å². The lowest BCUT2D eigenvalue weighted by atomic mass is 9.80. The number of ether oxygens (including phenoxy) is 1. The molecule has 1 fully saturated rings. The van der Waals surface area contributed by atoms with E-state index < -0.39 is 6.09 Å². The highest BCUT2D eigenvalue weighted by molar-refractivity contribution is 5.79. The van der Waals surface area contributed by atoms with Gasteiger partial charge in [0.05, 0.1) is 18.8 Å². The van der Waals surface area contributed by atoms with Crippen molar-refractivity contribution < 1.29 is 9.53 Å². The minimum Gasteiger partial charge on any atom is -0.449 e. The molecule has 1 heterocycles. The van der Waals surface area contributed by atoms with Crippen LogP contribution in [-0.2, 0) is 11.3 Å². The van der Waals surface area contributed by atoms with Crippen LogP contribution in [0.5, 0.6) is 0 Å². The van der Waals surface area contributed by atoms with Crippen LogP contribution in [0, 0.1) is 5.92 Å². The molecule has 0 radical (unpaired) electrons. The first-order valence-corrected chi connectivity index (χ1v) is 10.4. The first-order valence-electron chi connectivity index (χ1n) is 10.4. The number of amides is 1. The molecule has 0 saturated heterocycles. The van der Waals surface area contributed by atoms with Gasteiger partial charge in [0.1, 0.15) is 12.3 Å². The van der Waals surface area contributed by atoms with Gasteiger partial charge in [-0.05, 0) is 47.6 Å². The van der Waals surface area contributed by atoms with Crippen molar-refractivity contribution in [1.29, 1.82) is 0 Å². The second kappa shape index (κ2) is 7.91. The first-order chi connectivity index (χ1) is 14.7. The second-order valence-corrected chi connectivity index (χ2v) is 8.10. The van der Waals surface area contributed by atoms with Crippen LogP contribution in [-0.4, -0.2) is 34.2 Å². The van der Waals surface area contributed by atoms with Crippen molar-refractivity contribution in [2.45, 2.75) is 31.3 Å². The number of hydrogen-bond acceptors (Lipinski definition) is 5. The van der Waals surface area contributed by atoms with Gasteiger partial charge in [-0.2, -0.15) is 0 Å². The number of carbonyl (C=O) groups excluding carboxylic acids is 1. The Morgan fingerprint density at radius 3 is 2.43 bits per heavy atom. The van der Waals surface area contributed by atoms with E-state index in [1.807, 2.05) is 35.1 Å². The van der Waals surface area contributed by atoms with Crippen LogP contribution in [0.1, 0.15) is 41.6 Å². The fourth-order valence-electron chi connectivity index (χ4n) is 4.49. The summed E-state index contributed by atoms with van der Waals surface area (Å²) in [4.78, 5) is 12.3. The number of rotatable bonds is 6. The van der Waals surface area contributed by atoms with Gasteiger partial charge >= 0.3 is 6.09 Å². The Balaban J connectivity index is 1.16. The van der Waals surface area contributed by atoms with Crippen molar-refractivity contribution >= 4 is 6.09 Å². The molecule has 7 heteroatoms. The third-order valence-corrected chi connectivity index (χ3v) is 6.23. The second-order valence-electron chi connectivity index (χ2n) is 8.10. The Morgan fingerprint density at radius 1 is 1.10 bits per heavy atom. The zero-order valence-corrected chi connectivity index (χ0v) is 16.7.